The summed E-state index contributed by atoms with van der Waals surface area (Å²) in [5, 5.41) is 19.6. The molecule has 2 unspecified atom stereocenters. The molecule has 2 heterocycles. The van der Waals surface area contributed by atoms with Crippen LogP contribution in [0.4, 0.5) is 0 Å². The minimum absolute atomic E-state index is 0.206. The lowest BCUT2D eigenvalue weighted by Crippen LogP contribution is -2.45. The van der Waals surface area contributed by atoms with Gasteiger partial charge in [-0.05, 0) is 27.7 Å². The predicted molar refractivity (Wildman–Crippen MR) is 61.8 cm³/mol. The molecular formula is C12H22O6. The average molecular weight is 262 g/mol. The maximum Gasteiger partial charge on any atom is 0.164 e. The summed E-state index contributed by atoms with van der Waals surface area (Å²) in [6.07, 6.45) is -2.54. The molecule has 2 aliphatic rings. The van der Waals surface area contributed by atoms with Crippen molar-refractivity contribution in [1.82, 2.24) is 0 Å². The molecule has 2 rings (SSSR count). The first-order chi connectivity index (χ1) is 8.24. The van der Waals surface area contributed by atoms with E-state index in [1.807, 2.05) is 0 Å². The van der Waals surface area contributed by atoms with E-state index in [1.54, 1.807) is 27.7 Å². The Balaban J connectivity index is 2.02. The Labute approximate surface area is 107 Å². The van der Waals surface area contributed by atoms with E-state index in [9.17, 15) is 10.2 Å². The van der Waals surface area contributed by atoms with Crippen LogP contribution in [0.3, 0.4) is 0 Å². The quantitative estimate of drug-likeness (QED) is 0.746. The Morgan fingerprint density at radius 1 is 1.11 bits per heavy atom. The first-order valence-corrected chi connectivity index (χ1v) is 6.20. The smallest absolute Gasteiger partial charge is 0.164 e. The Morgan fingerprint density at radius 3 is 2.28 bits per heavy atom. The summed E-state index contributed by atoms with van der Waals surface area (Å²) in [5.74, 6) is -1.51. The molecule has 0 saturated carbocycles. The third-order valence-electron chi connectivity index (χ3n) is 3.15. The lowest BCUT2D eigenvalue weighted by molar-refractivity contribution is -0.178. The van der Waals surface area contributed by atoms with Crippen molar-refractivity contribution in [2.24, 2.45) is 0 Å². The molecule has 0 radical (unpaired) electrons. The molecule has 6 nitrogen and oxygen atoms in total. The van der Waals surface area contributed by atoms with Crippen LogP contribution in [0.2, 0.25) is 0 Å². The molecule has 2 aliphatic heterocycles. The maximum absolute atomic E-state index is 10.3. The molecular weight excluding hydrogens is 240 g/mol. The Kier molecular flexibility index (Phi) is 3.70. The zero-order chi connectivity index (χ0) is 13.6. The lowest BCUT2D eigenvalue weighted by Gasteiger charge is -2.26. The highest BCUT2D eigenvalue weighted by Gasteiger charge is 2.49. The fourth-order valence-electron chi connectivity index (χ4n) is 2.39. The van der Waals surface area contributed by atoms with Crippen molar-refractivity contribution in [2.45, 2.75) is 63.7 Å². The maximum atomic E-state index is 10.3. The van der Waals surface area contributed by atoms with E-state index in [2.05, 4.69) is 0 Å². The third-order valence-corrected chi connectivity index (χ3v) is 3.15. The van der Waals surface area contributed by atoms with Crippen LogP contribution in [-0.4, -0.2) is 59.4 Å². The van der Waals surface area contributed by atoms with Crippen LogP contribution in [-0.2, 0) is 18.9 Å². The van der Waals surface area contributed by atoms with Gasteiger partial charge in [0.05, 0.1) is 13.2 Å². The summed E-state index contributed by atoms with van der Waals surface area (Å²) in [6.45, 7) is 7.17. The van der Waals surface area contributed by atoms with Gasteiger partial charge in [-0.15, -0.1) is 0 Å². The summed E-state index contributed by atoms with van der Waals surface area (Å²) >= 11 is 0. The zero-order valence-electron chi connectivity index (χ0n) is 11.3. The van der Waals surface area contributed by atoms with Crippen molar-refractivity contribution in [1.29, 1.82) is 0 Å². The van der Waals surface area contributed by atoms with Gasteiger partial charge in [-0.2, -0.15) is 0 Å². The molecule has 4 atom stereocenters. The molecule has 6 heteroatoms. The highest BCUT2D eigenvalue weighted by molar-refractivity contribution is 4.91. The fraction of sp³-hybridized carbons (Fsp3) is 1.00. The van der Waals surface area contributed by atoms with E-state index < -0.39 is 36.0 Å². The van der Waals surface area contributed by atoms with Gasteiger partial charge in [0.2, 0.25) is 0 Å². The van der Waals surface area contributed by atoms with Gasteiger partial charge in [-0.1, -0.05) is 0 Å². The van der Waals surface area contributed by atoms with Crippen LogP contribution >= 0.6 is 0 Å². The Bertz CT molecular complexity index is 303. The molecule has 2 N–H and O–H groups in total. The first-order valence-electron chi connectivity index (χ1n) is 6.20. The van der Waals surface area contributed by atoms with Gasteiger partial charge in [0.15, 0.2) is 11.6 Å². The Hall–Kier alpha value is -0.240. The first kappa shape index (κ1) is 14.2. The van der Waals surface area contributed by atoms with E-state index in [0.717, 1.165) is 0 Å². The van der Waals surface area contributed by atoms with Gasteiger partial charge < -0.3 is 29.2 Å². The van der Waals surface area contributed by atoms with Gasteiger partial charge in [0, 0.05) is 0 Å². The monoisotopic (exact) mass is 262 g/mol. The van der Waals surface area contributed by atoms with Gasteiger partial charge in [0.25, 0.3) is 0 Å². The molecule has 0 amide bonds. The molecule has 0 aromatic carbocycles. The van der Waals surface area contributed by atoms with E-state index in [-0.39, 0.29) is 6.61 Å². The van der Waals surface area contributed by atoms with E-state index in [1.165, 1.54) is 0 Å². The number of hydrogen-bond acceptors (Lipinski definition) is 6. The minimum atomic E-state index is -0.898. The van der Waals surface area contributed by atoms with Crippen molar-refractivity contribution >= 4 is 0 Å². The molecule has 18 heavy (non-hydrogen) atoms. The number of ether oxygens (including phenoxy) is 4. The van der Waals surface area contributed by atoms with Crippen molar-refractivity contribution in [2.75, 3.05) is 13.2 Å². The summed E-state index contributed by atoms with van der Waals surface area (Å²) in [7, 11) is 0. The fourth-order valence-corrected chi connectivity index (χ4v) is 2.39. The van der Waals surface area contributed by atoms with Crippen molar-refractivity contribution in [3.8, 4) is 0 Å². The molecule has 0 aromatic rings. The Morgan fingerprint density at radius 2 is 1.78 bits per heavy atom. The minimum Gasteiger partial charge on any atom is -0.394 e. The van der Waals surface area contributed by atoms with Gasteiger partial charge >= 0.3 is 0 Å². The van der Waals surface area contributed by atoms with Crippen molar-refractivity contribution in [3.05, 3.63) is 0 Å². The number of rotatable bonds is 3. The summed E-state index contributed by atoms with van der Waals surface area (Å²) in [4.78, 5) is 0. The van der Waals surface area contributed by atoms with Gasteiger partial charge in [-0.25, -0.2) is 0 Å². The van der Waals surface area contributed by atoms with Crippen molar-refractivity contribution < 1.29 is 29.2 Å². The number of hydrogen-bond donors (Lipinski definition) is 2. The van der Waals surface area contributed by atoms with Crippen LogP contribution in [0.15, 0.2) is 0 Å². The standard InChI is InChI=1S/C12H22O6/c1-11(2)15-6-8(17-11)9(14)10-7(5-13)16-12(3,4)18-10/h7-10,13-14H,5-6H2,1-4H3/t7-,8?,9?,10-/m0/s1. The van der Waals surface area contributed by atoms with Crippen LogP contribution in [0.5, 0.6) is 0 Å². The topological polar surface area (TPSA) is 77.4 Å². The van der Waals surface area contributed by atoms with Crippen LogP contribution < -0.4 is 0 Å². The molecule has 106 valence electrons. The van der Waals surface area contributed by atoms with E-state index >= 15 is 0 Å². The second-order valence-corrected chi connectivity index (χ2v) is 5.68. The zero-order valence-corrected chi connectivity index (χ0v) is 11.3. The van der Waals surface area contributed by atoms with E-state index in [4.69, 9.17) is 18.9 Å². The molecule has 2 saturated heterocycles. The highest BCUT2D eigenvalue weighted by atomic mass is 16.8. The van der Waals surface area contributed by atoms with Gasteiger partial charge in [-0.3, -0.25) is 0 Å². The number of aliphatic hydroxyl groups excluding tert-OH is 2. The van der Waals surface area contributed by atoms with Crippen LogP contribution in [0.1, 0.15) is 27.7 Å². The largest absolute Gasteiger partial charge is 0.394 e. The molecule has 0 spiro atoms. The van der Waals surface area contributed by atoms with Crippen LogP contribution in [0, 0.1) is 0 Å². The summed E-state index contributed by atoms with van der Waals surface area (Å²) in [5.41, 5.74) is 0. The molecule has 0 aromatic heterocycles. The number of aliphatic hydroxyl groups is 2. The normalized spacial score (nSPS) is 40.0. The van der Waals surface area contributed by atoms with Crippen molar-refractivity contribution in [3.63, 3.8) is 0 Å². The second kappa shape index (κ2) is 4.70. The van der Waals surface area contributed by atoms with Gasteiger partial charge in [0.1, 0.15) is 24.4 Å². The molecule has 2 fully saturated rings. The summed E-state index contributed by atoms with van der Waals surface area (Å²) in [6, 6.07) is 0. The lowest BCUT2D eigenvalue weighted by atomic mass is 10.0. The molecule has 0 bridgehead atoms. The average Bonchev–Trinajstić information content (AvgIpc) is 2.77. The van der Waals surface area contributed by atoms with Crippen LogP contribution in [0.25, 0.3) is 0 Å². The second-order valence-electron chi connectivity index (χ2n) is 5.68. The highest BCUT2D eigenvalue weighted by Crippen LogP contribution is 2.33. The SMILES string of the molecule is CC1(C)OCC(C(O)[C@H]2OC(C)(C)O[C@H]2CO)O1. The van der Waals surface area contributed by atoms with E-state index in [0.29, 0.717) is 6.61 Å². The molecule has 0 aliphatic carbocycles. The third kappa shape index (κ3) is 2.84. The summed E-state index contributed by atoms with van der Waals surface area (Å²) < 4.78 is 22.1. The predicted octanol–water partition coefficient (Wildman–Crippen LogP) is 0.0112.